The molecular weight excluding hydrogens is 266 g/mol. The number of carboxylic acids is 1. The van der Waals surface area contributed by atoms with Crippen molar-refractivity contribution in [1.82, 2.24) is 5.32 Å². The SMILES string of the molecule is CC(=O)NC(CSc1ccc(C(C)=O)cc1)C(=O)O. The maximum absolute atomic E-state index is 11.1. The van der Waals surface area contributed by atoms with Gasteiger partial charge in [0.2, 0.25) is 5.91 Å². The van der Waals surface area contributed by atoms with Gasteiger partial charge in [-0.05, 0) is 19.1 Å². The highest BCUT2D eigenvalue weighted by atomic mass is 32.2. The fourth-order valence-corrected chi connectivity index (χ4v) is 2.30. The van der Waals surface area contributed by atoms with E-state index in [0.717, 1.165) is 4.90 Å². The smallest absolute Gasteiger partial charge is 0.327 e. The van der Waals surface area contributed by atoms with Crippen LogP contribution in [0.5, 0.6) is 0 Å². The molecule has 0 saturated carbocycles. The first-order chi connectivity index (χ1) is 8.90. The molecule has 0 aliphatic heterocycles. The lowest BCUT2D eigenvalue weighted by Gasteiger charge is -2.12. The Labute approximate surface area is 115 Å². The summed E-state index contributed by atoms with van der Waals surface area (Å²) in [7, 11) is 0. The molecule has 1 aromatic rings. The molecule has 0 bridgehead atoms. The largest absolute Gasteiger partial charge is 0.480 e. The van der Waals surface area contributed by atoms with Gasteiger partial charge in [-0.15, -0.1) is 11.8 Å². The predicted molar refractivity (Wildman–Crippen MR) is 72.4 cm³/mol. The molecular formula is C13H15NO4S. The Morgan fingerprint density at radius 3 is 2.21 bits per heavy atom. The third-order valence-corrected chi connectivity index (χ3v) is 3.46. The second kappa shape index (κ2) is 6.94. The minimum atomic E-state index is -1.07. The molecule has 0 heterocycles. The van der Waals surface area contributed by atoms with E-state index in [1.165, 1.54) is 25.6 Å². The van der Waals surface area contributed by atoms with E-state index < -0.39 is 12.0 Å². The van der Waals surface area contributed by atoms with Crippen LogP contribution in [0.1, 0.15) is 24.2 Å². The van der Waals surface area contributed by atoms with Gasteiger partial charge in [0.25, 0.3) is 0 Å². The lowest BCUT2D eigenvalue weighted by atomic mass is 10.2. The van der Waals surface area contributed by atoms with Gasteiger partial charge in [0.05, 0.1) is 0 Å². The van der Waals surface area contributed by atoms with Crippen LogP contribution in [-0.4, -0.2) is 34.6 Å². The van der Waals surface area contributed by atoms with Gasteiger partial charge in [-0.2, -0.15) is 0 Å². The standard InChI is InChI=1S/C13H15NO4S/c1-8(15)10-3-5-11(6-4-10)19-7-12(13(17)18)14-9(2)16/h3-6,12H,7H2,1-2H3,(H,14,16)(H,17,18). The lowest BCUT2D eigenvalue weighted by Crippen LogP contribution is -2.41. The van der Waals surface area contributed by atoms with E-state index in [0.29, 0.717) is 5.56 Å². The molecule has 0 aromatic heterocycles. The molecule has 1 amide bonds. The van der Waals surface area contributed by atoms with E-state index in [9.17, 15) is 14.4 Å². The Hall–Kier alpha value is -1.82. The van der Waals surface area contributed by atoms with Crippen molar-refractivity contribution in [2.24, 2.45) is 0 Å². The number of benzene rings is 1. The quantitative estimate of drug-likeness (QED) is 0.611. The molecule has 1 atom stereocenters. The molecule has 1 aromatic carbocycles. The van der Waals surface area contributed by atoms with E-state index in [1.54, 1.807) is 24.3 Å². The molecule has 0 spiro atoms. The molecule has 6 heteroatoms. The van der Waals surface area contributed by atoms with Crippen LogP contribution in [0.3, 0.4) is 0 Å². The van der Waals surface area contributed by atoms with Crippen molar-refractivity contribution in [3.8, 4) is 0 Å². The Bertz CT molecular complexity index is 484. The van der Waals surface area contributed by atoms with Gasteiger partial charge in [-0.25, -0.2) is 4.79 Å². The minimum absolute atomic E-state index is 0.0155. The third-order valence-electron chi connectivity index (χ3n) is 2.35. The number of aliphatic carboxylic acids is 1. The van der Waals surface area contributed by atoms with Crippen molar-refractivity contribution in [2.45, 2.75) is 24.8 Å². The van der Waals surface area contributed by atoms with Crippen LogP contribution in [0, 0.1) is 0 Å². The van der Waals surface area contributed by atoms with E-state index >= 15 is 0 Å². The number of amides is 1. The molecule has 0 radical (unpaired) electrons. The van der Waals surface area contributed by atoms with Gasteiger partial charge in [-0.3, -0.25) is 9.59 Å². The number of rotatable bonds is 6. The number of ketones is 1. The van der Waals surface area contributed by atoms with Crippen molar-refractivity contribution in [3.05, 3.63) is 29.8 Å². The van der Waals surface area contributed by atoms with Crippen LogP contribution in [0.2, 0.25) is 0 Å². The van der Waals surface area contributed by atoms with E-state index in [-0.39, 0.29) is 17.4 Å². The number of carboxylic acid groups (broad SMARTS) is 1. The zero-order chi connectivity index (χ0) is 14.4. The summed E-state index contributed by atoms with van der Waals surface area (Å²) in [6.45, 7) is 2.77. The van der Waals surface area contributed by atoms with Crippen LogP contribution in [0.4, 0.5) is 0 Å². The predicted octanol–water partition coefficient (Wildman–Crippen LogP) is 1.57. The lowest BCUT2D eigenvalue weighted by molar-refractivity contribution is -0.140. The summed E-state index contributed by atoms with van der Waals surface area (Å²) >= 11 is 1.31. The Balaban J connectivity index is 2.61. The van der Waals surface area contributed by atoms with Crippen LogP contribution in [0.15, 0.2) is 29.2 Å². The molecule has 5 nitrogen and oxygen atoms in total. The van der Waals surface area contributed by atoms with Crippen LogP contribution < -0.4 is 5.32 Å². The topological polar surface area (TPSA) is 83.5 Å². The molecule has 19 heavy (non-hydrogen) atoms. The van der Waals surface area contributed by atoms with Crippen molar-refractivity contribution in [3.63, 3.8) is 0 Å². The van der Waals surface area contributed by atoms with Crippen LogP contribution >= 0.6 is 11.8 Å². The first-order valence-electron chi connectivity index (χ1n) is 5.64. The fourth-order valence-electron chi connectivity index (χ4n) is 1.39. The van der Waals surface area contributed by atoms with Gasteiger partial charge in [0.15, 0.2) is 5.78 Å². The molecule has 2 N–H and O–H groups in total. The number of hydrogen-bond donors (Lipinski definition) is 2. The maximum Gasteiger partial charge on any atom is 0.327 e. The van der Waals surface area contributed by atoms with Gasteiger partial charge >= 0.3 is 5.97 Å². The highest BCUT2D eigenvalue weighted by Crippen LogP contribution is 2.19. The summed E-state index contributed by atoms with van der Waals surface area (Å²) in [4.78, 5) is 33.7. The Morgan fingerprint density at radius 1 is 1.21 bits per heavy atom. The van der Waals surface area contributed by atoms with E-state index in [1.807, 2.05) is 0 Å². The summed E-state index contributed by atoms with van der Waals surface area (Å²) in [5.74, 6) is -1.23. The highest BCUT2D eigenvalue weighted by molar-refractivity contribution is 7.99. The van der Waals surface area contributed by atoms with Crippen molar-refractivity contribution >= 4 is 29.4 Å². The second-order valence-electron chi connectivity index (χ2n) is 3.98. The molecule has 102 valence electrons. The number of nitrogens with one attached hydrogen (secondary N) is 1. The summed E-state index contributed by atoms with van der Waals surface area (Å²) in [5.41, 5.74) is 0.612. The molecule has 1 rings (SSSR count). The first kappa shape index (κ1) is 15.2. The number of thioether (sulfide) groups is 1. The summed E-state index contributed by atoms with van der Waals surface area (Å²) < 4.78 is 0. The van der Waals surface area contributed by atoms with Crippen LogP contribution in [0.25, 0.3) is 0 Å². The molecule has 0 aliphatic rings. The summed E-state index contributed by atoms with van der Waals surface area (Å²) in [6, 6.07) is 5.98. The molecule has 0 fully saturated rings. The second-order valence-corrected chi connectivity index (χ2v) is 5.08. The summed E-state index contributed by atoms with van der Waals surface area (Å²) in [5, 5.41) is 11.3. The first-order valence-corrected chi connectivity index (χ1v) is 6.62. The third kappa shape index (κ3) is 5.13. The maximum atomic E-state index is 11.1. The van der Waals surface area contributed by atoms with Crippen LogP contribution in [-0.2, 0) is 9.59 Å². The number of carbonyl (C=O) groups excluding carboxylic acids is 2. The Morgan fingerprint density at radius 2 is 1.79 bits per heavy atom. The minimum Gasteiger partial charge on any atom is -0.480 e. The summed E-state index contributed by atoms with van der Waals surface area (Å²) in [6.07, 6.45) is 0. The van der Waals surface area contributed by atoms with Gasteiger partial charge in [0.1, 0.15) is 6.04 Å². The monoisotopic (exact) mass is 281 g/mol. The highest BCUT2D eigenvalue weighted by Gasteiger charge is 2.18. The molecule has 1 unspecified atom stereocenters. The van der Waals surface area contributed by atoms with Crippen molar-refractivity contribution in [1.29, 1.82) is 0 Å². The zero-order valence-corrected chi connectivity index (χ0v) is 11.5. The molecule has 0 saturated heterocycles. The number of hydrogen-bond acceptors (Lipinski definition) is 4. The van der Waals surface area contributed by atoms with Gasteiger partial charge in [-0.1, -0.05) is 12.1 Å². The number of Topliss-reactive ketones (excluding diaryl/α,β-unsaturated/α-hetero) is 1. The van der Waals surface area contributed by atoms with E-state index in [4.69, 9.17) is 5.11 Å². The Kier molecular flexibility index (Phi) is 5.57. The number of carbonyl (C=O) groups is 3. The molecule has 0 aliphatic carbocycles. The van der Waals surface area contributed by atoms with Crippen molar-refractivity contribution < 1.29 is 19.5 Å². The van der Waals surface area contributed by atoms with Gasteiger partial charge in [0, 0.05) is 23.1 Å². The van der Waals surface area contributed by atoms with Crippen molar-refractivity contribution in [2.75, 3.05) is 5.75 Å². The van der Waals surface area contributed by atoms with E-state index in [2.05, 4.69) is 5.32 Å². The zero-order valence-electron chi connectivity index (χ0n) is 10.7. The normalized spacial score (nSPS) is 11.7. The average molecular weight is 281 g/mol. The van der Waals surface area contributed by atoms with Gasteiger partial charge < -0.3 is 10.4 Å². The average Bonchev–Trinajstić information content (AvgIpc) is 2.34. The fraction of sp³-hybridized carbons (Fsp3) is 0.308.